The Kier molecular flexibility index (Phi) is 4.91. The van der Waals surface area contributed by atoms with Crippen molar-refractivity contribution in [2.75, 3.05) is 6.54 Å². The minimum atomic E-state index is -0.356. The molecule has 20 heavy (non-hydrogen) atoms. The number of rotatable bonds is 3. The average molecular weight is 302 g/mol. The SMILES string of the molecule is Cl.NC(=O)C1CCCN1C(=O)CC1CC2CCC(C1)N2. The van der Waals surface area contributed by atoms with Crippen molar-refractivity contribution in [2.24, 2.45) is 11.7 Å². The van der Waals surface area contributed by atoms with E-state index in [-0.39, 0.29) is 30.3 Å². The van der Waals surface area contributed by atoms with Crippen LogP contribution >= 0.6 is 12.4 Å². The quantitative estimate of drug-likeness (QED) is 0.810. The van der Waals surface area contributed by atoms with Crippen LogP contribution in [0.25, 0.3) is 0 Å². The van der Waals surface area contributed by atoms with Gasteiger partial charge in [-0.1, -0.05) is 0 Å². The zero-order valence-corrected chi connectivity index (χ0v) is 12.5. The highest BCUT2D eigenvalue weighted by molar-refractivity contribution is 5.87. The Bertz CT molecular complexity index is 379. The first-order valence-electron chi connectivity index (χ1n) is 7.48. The van der Waals surface area contributed by atoms with Crippen LogP contribution in [0.2, 0.25) is 0 Å². The van der Waals surface area contributed by atoms with Gasteiger partial charge in [-0.2, -0.15) is 0 Å². The van der Waals surface area contributed by atoms with Crippen molar-refractivity contribution in [3.8, 4) is 0 Å². The molecule has 0 aromatic carbocycles. The van der Waals surface area contributed by atoms with Crippen molar-refractivity contribution in [2.45, 2.75) is 63.1 Å². The molecule has 3 fully saturated rings. The molecule has 3 saturated heterocycles. The standard InChI is InChI=1S/C14H23N3O2.ClH/c15-14(19)12-2-1-5-17(12)13(18)8-9-6-10-3-4-11(7-9)16-10;/h9-12,16H,1-8H2,(H2,15,19);1H. The molecular formula is C14H24ClN3O2. The van der Waals surface area contributed by atoms with Gasteiger partial charge in [0.25, 0.3) is 0 Å². The number of halogens is 1. The molecule has 3 rings (SSSR count). The minimum Gasteiger partial charge on any atom is -0.368 e. The maximum absolute atomic E-state index is 12.4. The lowest BCUT2D eigenvalue weighted by Gasteiger charge is -2.30. The molecule has 3 aliphatic heterocycles. The second-order valence-corrected chi connectivity index (χ2v) is 6.33. The van der Waals surface area contributed by atoms with Crippen LogP contribution in [0.1, 0.15) is 44.9 Å². The number of hydrogen-bond acceptors (Lipinski definition) is 3. The van der Waals surface area contributed by atoms with Gasteiger partial charge in [0.1, 0.15) is 6.04 Å². The van der Waals surface area contributed by atoms with Crippen LogP contribution in [-0.2, 0) is 9.59 Å². The molecule has 2 amide bonds. The number of amides is 2. The number of nitrogens with zero attached hydrogens (tertiary/aromatic N) is 1. The largest absolute Gasteiger partial charge is 0.368 e. The number of nitrogens with one attached hydrogen (secondary N) is 1. The number of fused-ring (bicyclic) bond motifs is 2. The van der Waals surface area contributed by atoms with Crippen LogP contribution < -0.4 is 11.1 Å². The zero-order chi connectivity index (χ0) is 13.4. The second kappa shape index (κ2) is 6.31. The summed E-state index contributed by atoms with van der Waals surface area (Å²) >= 11 is 0. The fourth-order valence-electron chi connectivity index (χ4n) is 4.07. The fourth-order valence-corrected chi connectivity index (χ4v) is 4.07. The van der Waals surface area contributed by atoms with Gasteiger partial charge in [0.15, 0.2) is 0 Å². The lowest BCUT2D eigenvalue weighted by Crippen LogP contribution is -2.45. The topological polar surface area (TPSA) is 75.4 Å². The number of piperidine rings is 1. The monoisotopic (exact) mass is 301 g/mol. The van der Waals surface area contributed by atoms with Gasteiger partial charge in [-0.15, -0.1) is 12.4 Å². The highest BCUT2D eigenvalue weighted by Gasteiger charge is 2.37. The van der Waals surface area contributed by atoms with Gasteiger partial charge in [-0.3, -0.25) is 9.59 Å². The number of hydrogen-bond donors (Lipinski definition) is 2. The van der Waals surface area contributed by atoms with Crippen molar-refractivity contribution in [3.63, 3.8) is 0 Å². The Morgan fingerprint density at radius 3 is 2.40 bits per heavy atom. The van der Waals surface area contributed by atoms with Gasteiger partial charge in [0, 0.05) is 25.0 Å². The number of primary amides is 1. The van der Waals surface area contributed by atoms with Crippen molar-refractivity contribution in [1.29, 1.82) is 0 Å². The molecular weight excluding hydrogens is 278 g/mol. The number of nitrogens with two attached hydrogens (primary N) is 1. The van der Waals surface area contributed by atoms with Crippen molar-refractivity contribution < 1.29 is 9.59 Å². The summed E-state index contributed by atoms with van der Waals surface area (Å²) in [6.07, 6.45) is 6.95. The Morgan fingerprint density at radius 2 is 1.80 bits per heavy atom. The normalized spacial score (nSPS) is 35.7. The van der Waals surface area contributed by atoms with Gasteiger partial charge in [0.2, 0.25) is 11.8 Å². The number of carbonyl (C=O) groups is 2. The first-order chi connectivity index (χ1) is 9.13. The zero-order valence-electron chi connectivity index (χ0n) is 11.7. The number of likely N-dealkylation sites (tertiary alicyclic amines) is 1. The maximum Gasteiger partial charge on any atom is 0.240 e. The first-order valence-corrected chi connectivity index (χ1v) is 7.48. The van der Waals surface area contributed by atoms with Crippen LogP contribution in [0, 0.1) is 5.92 Å². The molecule has 3 heterocycles. The van der Waals surface area contributed by atoms with E-state index in [9.17, 15) is 9.59 Å². The van der Waals surface area contributed by atoms with Gasteiger partial charge in [-0.05, 0) is 44.4 Å². The summed E-state index contributed by atoms with van der Waals surface area (Å²) in [5.41, 5.74) is 5.37. The molecule has 3 aliphatic rings. The van der Waals surface area contributed by atoms with Gasteiger partial charge >= 0.3 is 0 Å². The molecule has 2 bridgehead atoms. The predicted octanol–water partition coefficient (Wildman–Crippen LogP) is 0.805. The fraction of sp³-hybridized carbons (Fsp3) is 0.857. The van der Waals surface area contributed by atoms with E-state index in [4.69, 9.17) is 5.73 Å². The number of carbonyl (C=O) groups excluding carboxylic acids is 2. The molecule has 3 N–H and O–H groups in total. The summed E-state index contributed by atoms with van der Waals surface area (Å²) in [5.74, 6) is 0.268. The molecule has 0 radical (unpaired) electrons. The van der Waals surface area contributed by atoms with E-state index >= 15 is 0 Å². The third-order valence-corrected chi connectivity index (χ3v) is 4.94. The molecule has 0 aromatic heterocycles. The van der Waals surface area contributed by atoms with Crippen LogP contribution in [-0.4, -0.2) is 41.4 Å². The van der Waals surface area contributed by atoms with E-state index in [1.54, 1.807) is 4.90 Å². The Hall–Kier alpha value is -0.810. The molecule has 0 spiro atoms. The highest BCUT2D eigenvalue weighted by Crippen LogP contribution is 2.33. The van der Waals surface area contributed by atoms with Gasteiger partial charge in [0.05, 0.1) is 0 Å². The molecule has 3 atom stereocenters. The molecule has 114 valence electrons. The van der Waals surface area contributed by atoms with Crippen molar-refractivity contribution in [3.05, 3.63) is 0 Å². The Morgan fingerprint density at radius 1 is 1.15 bits per heavy atom. The van der Waals surface area contributed by atoms with Crippen molar-refractivity contribution >= 4 is 24.2 Å². The van der Waals surface area contributed by atoms with Crippen LogP contribution in [0.4, 0.5) is 0 Å². The minimum absolute atomic E-state index is 0. The Balaban J connectivity index is 0.00000147. The highest BCUT2D eigenvalue weighted by atomic mass is 35.5. The van der Waals surface area contributed by atoms with Crippen molar-refractivity contribution in [1.82, 2.24) is 10.2 Å². The summed E-state index contributed by atoms with van der Waals surface area (Å²) in [4.78, 5) is 25.4. The van der Waals surface area contributed by atoms with E-state index in [0.717, 1.165) is 25.7 Å². The lowest BCUT2D eigenvalue weighted by atomic mass is 9.89. The van der Waals surface area contributed by atoms with E-state index < -0.39 is 0 Å². The van der Waals surface area contributed by atoms with Crippen LogP contribution in [0.15, 0.2) is 0 Å². The summed E-state index contributed by atoms with van der Waals surface area (Å²) in [6.45, 7) is 0.699. The summed E-state index contributed by atoms with van der Waals surface area (Å²) in [7, 11) is 0. The predicted molar refractivity (Wildman–Crippen MR) is 78.5 cm³/mol. The summed E-state index contributed by atoms with van der Waals surface area (Å²) in [6, 6.07) is 0.870. The summed E-state index contributed by atoms with van der Waals surface area (Å²) in [5, 5.41) is 3.59. The van der Waals surface area contributed by atoms with Crippen LogP contribution in [0.3, 0.4) is 0 Å². The van der Waals surface area contributed by atoms with E-state index in [0.29, 0.717) is 31.0 Å². The van der Waals surface area contributed by atoms with E-state index in [2.05, 4.69) is 5.32 Å². The smallest absolute Gasteiger partial charge is 0.240 e. The summed E-state index contributed by atoms with van der Waals surface area (Å²) < 4.78 is 0. The molecule has 0 aliphatic carbocycles. The third kappa shape index (κ3) is 3.09. The van der Waals surface area contributed by atoms with Gasteiger partial charge in [-0.25, -0.2) is 0 Å². The van der Waals surface area contributed by atoms with E-state index in [1.807, 2.05) is 0 Å². The molecule has 5 nitrogen and oxygen atoms in total. The van der Waals surface area contributed by atoms with E-state index in [1.165, 1.54) is 12.8 Å². The third-order valence-electron chi connectivity index (χ3n) is 4.94. The lowest BCUT2D eigenvalue weighted by molar-refractivity contribution is -0.138. The molecule has 3 unspecified atom stereocenters. The molecule has 0 saturated carbocycles. The Labute approximate surface area is 126 Å². The average Bonchev–Trinajstić information content (AvgIpc) is 2.96. The van der Waals surface area contributed by atoms with Crippen LogP contribution in [0.5, 0.6) is 0 Å². The molecule has 0 aromatic rings. The first kappa shape index (κ1) is 15.6. The maximum atomic E-state index is 12.4. The second-order valence-electron chi connectivity index (χ2n) is 6.33. The molecule has 6 heteroatoms. The van der Waals surface area contributed by atoms with Gasteiger partial charge < -0.3 is 16.0 Å².